The molecule has 5 N–H and O–H groups in total. The molecule has 0 saturated carbocycles. The molecule has 0 saturated heterocycles. The summed E-state index contributed by atoms with van der Waals surface area (Å²) in [6.07, 6.45) is 15.8. The first kappa shape index (κ1) is 34.3. The molecule has 1 aliphatic heterocycles. The number of hydrogen-bond acceptors (Lipinski definition) is 7. The zero-order valence-corrected chi connectivity index (χ0v) is 25.0. The minimum Gasteiger partial charge on any atom is -0.458 e. The normalized spacial score (nSPS) is 29.2. The van der Waals surface area contributed by atoms with Crippen LogP contribution in [0.4, 0.5) is 9.59 Å². The lowest BCUT2D eigenvalue weighted by Gasteiger charge is -2.22. The molecule has 0 aliphatic carbocycles. The number of amides is 2. The third kappa shape index (κ3) is 16.8. The van der Waals surface area contributed by atoms with Gasteiger partial charge in [0.2, 0.25) is 0 Å². The Kier molecular flexibility index (Phi) is 17.1. The van der Waals surface area contributed by atoms with E-state index in [1.54, 1.807) is 40.9 Å². The molecule has 0 aromatic rings. The minimum atomic E-state index is -1.11. The Morgan fingerprint density at radius 3 is 2.67 bits per heavy atom. The highest BCUT2D eigenvalue weighted by Crippen LogP contribution is 2.21. The van der Waals surface area contributed by atoms with Crippen LogP contribution in [-0.4, -0.2) is 50.6 Å². The van der Waals surface area contributed by atoms with Gasteiger partial charge in [-0.25, -0.2) is 9.59 Å². The monoisotopic (exact) mass is 656 g/mol. The number of aliphatic hydroxyl groups is 2. The van der Waals surface area contributed by atoms with Crippen LogP contribution in [0, 0.1) is 5.92 Å². The molecule has 0 spiro atoms. The van der Waals surface area contributed by atoms with Crippen LogP contribution in [0.2, 0.25) is 0 Å². The lowest BCUT2D eigenvalue weighted by molar-refractivity contribution is -0.144. The molecule has 5 unspecified atom stereocenters. The van der Waals surface area contributed by atoms with Crippen molar-refractivity contribution in [2.45, 2.75) is 83.7 Å². The van der Waals surface area contributed by atoms with E-state index in [0.29, 0.717) is 38.5 Å². The van der Waals surface area contributed by atoms with Gasteiger partial charge in [0.1, 0.15) is 18.3 Å². The number of allylic oxidation sites excluding steroid dienone is 6. The number of ether oxygens (including phenoxy) is 2. The fraction of sp³-hybridized carbons (Fsp3) is 0.483. The second-order valence-electron chi connectivity index (χ2n) is 9.47. The number of aliphatic hydroxyl groups excluding tert-OH is 2. The summed E-state index contributed by atoms with van der Waals surface area (Å²) in [6.45, 7) is 5.82. The van der Waals surface area contributed by atoms with Crippen molar-refractivity contribution in [1.82, 2.24) is 5.32 Å². The van der Waals surface area contributed by atoms with E-state index in [1.807, 2.05) is 45.1 Å². The maximum absolute atomic E-state index is 12.6. The van der Waals surface area contributed by atoms with Gasteiger partial charge in [0.05, 0.1) is 6.10 Å². The van der Waals surface area contributed by atoms with Gasteiger partial charge in [-0.2, -0.15) is 0 Å². The Morgan fingerprint density at radius 2 is 1.97 bits per heavy atom. The van der Waals surface area contributed by atoms with Crippen molar-refractivity contribution in [1.29, 1.82) is 0 Å². The smallest absolute Gasteiger partial charge is 0.404 e. The number of esters is 1. The van der Waals surface area contributed by atoms with Gasteiger partial charge in [-0.05, 0) is 52.0 Å². The van der Waals surface area contributed by atoms with E-state index in [2.05, 4.69) is 5.32 Å². The molecule has 1 heterocycles. The van der Waals surface area contributed by atoms with Crippen molar-refractivity contribution in [3.05, 3.63) is 72.0 Å². The molecule has 39 heavy (non-hydrogen) atoms. The predicted octanol–water partition coefficient (Wildman–Crippen LogP) is 5.29. The molecule has 9 nitrogen and oxygen atoms in total. The van der Waals surface area contributed by atoms with E-state index < -0.39 is 36.5 Å². The number of halogens is 1. The van der Waals surface area contributed by atoms with Crippen molar-refractivity contribution in [2.24, 2.45) is 11.7 Å². The number of hydrogen-bond donors (Lipinski definition) is 4. The molecule has 216 valence electrons. The number of nitrogens with two attached hydrogens (primary N) is 1. The molecular formula is C29H41IN2O7. The van der Waals surface area contributed by atoms with E-state index >= 15 is 0 Å². The zero-order chi connectivity index (χ0) is 29.2. The van der Waals surface area contributed by atoms with Crippen molar-refractivity contribution in [3.8, 4) is 0 Å². The number of carbonyl (C=O) groups is 3. The van der Waals surface area contributed by atoms with Gasteiger partial charge in [-0.15, -0.1) is 0 Å². The molecule has 0 bridgehead atoms. The molecule has 2 amide bonds. The van der Waals surface area contributed by atoms with Crippen LogP contribution in [0.3, 0.4) is 0 Å². The second kappa shape index (κ2) is 19.4. The first-order chi connectivity index (χ1) is 18.5. The summed E-state index contributed by atoms with van der Waals surface area (Å²) >= 11 is 1.65. The topological polar surface area (TPSA) is 148 Å². The molecule has 0 aromatic heterocycles. The number of carbonyl (C=O) groups excluding carboxylic acids is 3. The number of primary amides is 1. The van der Waals surface area contributed by atoms with Crippen LogP contribution in [0.5, 0.6) is 0 Å². The van der Waals surface area contributed by atoms with Gasteiger partial charge < -0.3 is 30.7 Å². The standard InChI is InChI=1S/C29H41IN2O7/c1-20-10-6-4-8-12-25(39-29(31)37)24(34)15-14-23(33)11-7-5-9-13-27(35)38-26(19-20)22(3)18-21(2)16-17-32-28(30)36/h4,6,9-10,13-18,22-26,33-34H,5,7-8,11-12,19H2,1-3H3,(H2,31,37)(H,32,36)/b6-4+,13-9+,15-14+,17-16+,20-10+,21-18+. The van der Waals surface area contributed by atoms with Crippen molar-refractivity contribution < 1.29 is 34.1 Å². The molecule has 0 fully saturated rings. The van der Waals surface area contributed by atoms with Gasteiger partial charge >= 0.3 is 12.1 Å². The summed E-state index contributed by atoms with van der Waals surface area (Å²) in [5.74, 6) is -0.546. The Labute approximate surface area is 244 Å². The van der Waals surface area contributed by atoms with Gasteiger partial charge in [0.15, 0.2) is 0 Å². The Balaban J connectivity index is 3.10. The van der Waals surface area contributed by atoms with Crippen LogP contribution in [0.15, 0.2) is 72.0 Å². The van der Waals surface area contributed by atoms with Crippen LogP contribution in [0.25, 0.3) is 0 Å². The van der Waals surface area contributed by atoms with Crippen LogP contribution in [0.1, 0.15) is 59.3 Å². The Hall–Kier alpha value is -2.70. The van der Waals surface area contributed by atoms with E-state index in [-0.39, 0.29) is 9.83 Å². The van der Waals surface area contributed by atoms with E-state index in [4.69, 9.17) is 15.2 Å². The summed E-state index contributed by atoms with van der Waals surface area (Å²) < 4.78 is 10.7. The highest BCUT2D eigenvalue weighted by molar-refractivity contribution is 14.1. The molecule has 0 radical (unpaired) electrons. The third-order valence-electron chi connectivity index (χ3n) is 5.88. The maximum atomic E-state index is 12.6. The van der Waals surface area contributed by atoms with Gasteiger partial charge in [0, 0.05) is 47.2 Å². The quantitative estimate of drug-likeness (QED) is 0.0785. The third-order valence-corrected chi connectivity index (χ3v) is 6.20. The van der Waals surface area contributed by atoms with Gasteiger partial charge in [-0.3, -0.25) is 4.79 Å². The summed E-state index contributed by atoms with van der Waals surface area (Å²) in [6, 6.07) is 0. The molecular weight excluding hydrogens is 615 g/mol. The van der Waals surface area contributed by atoms with Crippen LogP contribution >= 0.6 is 22.6 Å². The molecule has 1 rings (SSSR count). The van der Waals surface area contributed by atoms with Crippen molar-refractivity contribution in [2.75, 3.05) is 0 Å². The lowest BCUT2D eigenvalue weighted by Crippen LogP contribution is -2.32. The van der Waals surface area contributed by atoms with Crippen LogP contribution in [-0.2, 0) is 14.3 Å². The highest BCUT2D eigenvalue weighted by atomic mass is 127. The fourth-order valence-electron chi connectivity index (χ4n) is 3.85. The number of rotatable bonds is 5. The van der Waals surface area contributed by atoms with Gasteiger partial charge in [-0.1, -0.05) is 60.6 Å². The fourth-order valence-corrected chi connectivity index (χ4v) is 4.03. The van der Waals surface area contributed by atoms with E-state index in [9.17, 15) is 24.6 Å². The number of nitrogens with one attached hydrogen (secondary N) is 1. The predicted molar refractivity (Wildman–Crippen MR) is 160 cm³/mol. The molecule has 0 aromatic carbocycles. The number of cyclic esters (lactones) is 1. The average Bonchev–Trinajstić information content (AvgIpc) is 2.84. The SMILES string of the molecule is CC(/C=C/NC(=O)I)=C\C(C)C1C/C(C)=C/C=C/CCC(OC(N)=O)C(O)/C=C/C(O)CCC/C=C/C(=O)O1. The summed E-state index contributed by atoms with van der Waals surface area (Å²) in [7, 11) is 0. The van der Waals surface area contributed by atoms with Crippen molar-refractivity contribution in [3.63, 3.8) is 0 Å². The summed E-state index contributed by atoms with van der Waals surface area (Å²) in [5, 5.41) is 23.2. The minimum absolute atomic E-state index is 0.109. The second-order valence-corrected chi connectivity index (χ2v) is 10.5. The maximum Gasteiger partial charge on any atom is 0.404 e. The molecule has 5 atom stereocenters. The van der Waals surface area contributed by atoms with Gasteiger partial charge in [0.25, 0.3) is 3.91 Å². The summed E-state index contributed by atoms with van der Waals surface area (Å²) in [5.41, 5.74) is 7.07. The highest BCUT2D eigenvalue weighted by Gasteiger charge is 2.21. The van der Waals surface area contributed by atoms with Crippen LogP contribution < -0.4 is 11.1 Å². The first-order valence-corrected chi connectivity index (χ1v) is 14.1. The molecule has 1 aliphatic rings. The van der Waals surface area contributed by atoms with E-state index in [0.717, 1.165) is 11.1 Å². The lowest BCUT2D eigenvalue weighted by atomic mass is 9.95. The average molecular weight is 657 g/mol. The zero-order valence-electron chi connectivity index (χ0n) is 22.8. The summed E-state index contributed by atoms with van der Waals surface area (Å²) in [4.78, 5) is 34.9. The van der Waals surface area contributed by atoms with E-state index in [1.165, 1.54) is 18.2 Å². The molecule has 10 heteroatoms. The first-order valence-electron chi connectivity index (χ1n) is 13.0. The Morgan fingerprint density at radius 1 is 1.23 bits per heavy atom. The van der Waals surface area contributed by atoms with Crippen molar-refractivity contribution >= 4 is 38.6 Å². The Bertz CT molecular complexity index is 984. The largest absolute Gasteiger partial charge is 0.458 e.